The van der Waals surface area contributed by atoms with Gasteiger partial charge in [0, 0.05) is 12.1 Å². The van der Waals surface area contributed by atoms with Crippen molar-refractivity contribution in [3.63, 3.8) is 0 Å². The number of hydrogen-bond acceptors (Lipinski definition) is 5. The van der Waals surface area contributed by atoms with Crippen molar-refractivity contribution in [3.8, 4) is 11.1 Å². The fraction of sp³-hybridized carbons (Fsp3) is 0.333. The summed E-state index contributed by atoms with van der Waals surface area (Å²) in [5.74, 6) is -0.920. The molecule has 3 atom stereocenters. The highest BCUT2D eigenvalue weighted by Crippen LogP contribution is 2.44. The third-order valence-corrected chi connectivity index (χ3v) is 6.22. The third-order valence-electron chi connectivity index (χ3n) is 6.22. The van der Waals surface area contributed by atoms with Gasteiger partial charge in [0.1, 0.15) is 0 Å². The van der Waals surface area contributed by atoms with Gasteiger partial charge in [-0.1, -0.05) is 55.1 Å². The van der Waals surface area contributed by atoms with Crippen molar-refractivity contribution in [1.29, 1.82) is 0 Å². The largest absolute Gasteiger partial charge is 0.468 e. The average molecular weight is 391 g/mol. The number of nitrogens with one attached hydrogen (secondary N) is 1. The van der Waals surface area contributed by atoms with E-state index >= 15 is 0 Å². The Morgan fingerprint density at radius 2 is 1.69 bits per heavy atom. The first-order valence-electron chi connectivity index (χ1n) is 9.78. The molecule has 2 aromatic rings. The van der Waals surface area contributed by atoms with Gasteiger partial charge in [-0.25, -0.2) is 0 Å². The van der Waals surface area contributed by atoms with Crippen molar-refractivity contribution < 1.29 is 19.1 Å². The van der Waals surface area contributed by atoms with E-state index in [2.05, 4.69) is 36.2 Å². The van der Waals surface area contributed by atoms with E-state index in [-0.39, 0.29) is 11.8 Å². The van der Waals surface area contributed by atoms with Gasteiger partial charge < -0.3 is 14.8 Å². The summed E-state index contributed by atoms with van der Waals surface area (Å²) in [6.07, 6.45) is -1.11. The number of rotatable bonds is 4. The zero-order valence-electron chi connectivity index (χ0n) is 16.9. The van der Waals surface area contributed by atoms with Crippen molar-refractivity contribution in [2.75, 3.05) is 13.7 Å². The summed E-state index contributed by atoms with van der Waals surface area (Å²) in [7, 11) is 1.29. The molecule has 1 aliphatic carbocycles. The Morgan fingerprint density at radius 1 is 1.14 bits per heavy atom. The van der Waals surface area contributed by atoms with Crippen LogP contribution in [0.25, 0.3) is 11.1 Å². The predicted octanol–water partition coefficient (Wildman–Crippen LogP) is 3.44. The molecule has 1 heterocycles. The van der Waals surface area contributed by atoms with E-state index in [0.717, 1.165) is 0 Å². The molecule has 150 valence electrons. The minimum atomic E-state index is -1.43. The summed E-state index contributed by atoms with van der Waals surface area (Å²) in [5, 5.41) is 3.54. The number of benzene rings is 2. The minimum Gasteiger partial charge on any atom is -0.468 e. The van der Waals surface area contributed by atoms with Crippen LogP contribution in [0.4, 0.5) is 0 Å². The van der Waals surface area contributed by atoms with Gasteiger partial charge in [0.2, 0.25) is 0 Å². The highest BCUT2D eigenvalue weighted by Gasteiger charge is 2.55. The Hall–Kier alpha value is -2.76. The molecule has 0 amide bonds. The molecule has 1 fully saturated rings. The predicted molar refractivity (Wildman–Crippen MR) is 110 cm³/mol. The van der Waals surface area contributed by atoms with Gasteiger partial charge in [-0.15, -0.1) is 0 Å². The highest BCUT2D eigenvalue weighted by atomic mass is 16.5. The van der Waals surface area contributed by atoms with E-state index < -0.39 is 23.6 Å². The number of methoxy groups -OCH3 is 1. The van der Waals surface area contributed by atoms with Crippen LogP contribution in [0.5, 0.6) is 0 Å². The molecular formula is C24H25NO4. The minimum absolute atomic E-state index is 0.0385. The molecule has 2 aromatic carbocycles. The standard InChI is InChI=1S/C24H25NO4/c1-14-15(2)29-20(24(3,22(14)26)23(27)28-4)13-25-21-18-11-7-5-9-16(18)17-10-6-8-12-19(17)21/h5-12,15,20-21,25H,1,13H2,2-4H3/t15-,20+,24+/m0/s1. The van der Waals surface area contributed by atoms with Crippen LogP contribution in [0.3, 0.4) is 0 Å². The van der Waals surface area contributed by atoms with E-state index in [1.165, 1.54) is 29.4 Å². The molecule has 2 aliphatic rings. The third kappa shape index (κ3) is 2.93. The second-order valence-corrected chi connectivity index (χ2v) is 7.83. The summed E-state index contributed by atoms with van der Waals surface area (Å²) >= 11 is 0. The number of esters is 1. The molecule has 5 nitrogen and oxygen atoms in total. The van der Waals surface area contributed by atoms with Gasteiger partial charge in [0.05, 0.1) is 25.4 Å². The summed E-state index contributed by atoms with van der Waals surface area (Å²) in [6, 6.07) is 16.5. The molecule has 1 N–H and O–H groups in total. The second kappa shape index (κ2) is 7.25. The summed E-state index contributed by atoms with van der Waals surface area (Å²) in [4.78, 5) is 25.5. The summed E-state index contributed by atoms with van der Waals surface area (Å²) in [5.41, 5.74) is 3.60. The summed E-state index contributed by atoms with van der Waals surface area (Å²) in [6.45, 7) is 7.51. The Balaban J connectivity index is 1.65. The maximum absolute atomic E-state index is 13.0. The topological polar surface area (TPSA) is 64.6 Å². The van der Waals surface area contributed by atoms with Gasteiger partial charge in [0.15, 0.2) is 11.2 Å². The Bertz CT molecular complexity index is 952. The number of fused-ring (bicyclic) bond motifs is 3. The highest BCUT2D eigenvalue weighted by molar-refractivity contribution is 6.13. The van der Waals surface area contributed by atoms with Crippen molar-refractivity contribution in [2.24, 2.45) is 5.41 Å². The molecule has 0 unspecified atom stereocenters. The molecule has 1 saturated heterocycles. The van der Waals surface area contributed by atoms with Crippen molar-refractivity contribution >= 4 is 11.8 Å². The molecule has 0 radical (unpaired) electrons. The quantitative estimate of drug-likeness (QED) is 0.491. The molecule has 0 saturated carbocycles. The first-order valence-corrected chi connectivity index (χ1v) is 9.78. The van der Waals surface area contributed by atoms with Crippen LogP contribution in [0.2, 0.25) is 0 Å². The van der Waals surface area contributed by atoms with Gasteiger partial charge >= 0.3 is 5.97 Å². The van der Waals surface area contributed by atoms with Crippen LogP contribution < -0.4 is 5.32 Å². The monoisotopic (exact) mass is 391 g/mol. The van der Waals surface area contributed by atoms with Crippen LogP contribution >= 0.6 is 0 Å². The van der Waals surface area contributed by atoms with Gasteiger partial charge in [-0.2, -0.15) is 0 Å². The maximum Gasteiger partial charge on any atom is 0.322 e. The lowest BCUT2D eigenvalue weighted by molar-refractivity contribution is -0.174. The van der Waals surface area contributed by atoms with Crippen molar-refractivity contribution in [1.82, 2.24) is 5.32 Å². The Labute approximate surface area is 170 Å². The fourth-order valence-electron chi connectivity index (χ4n) is 4.42. The van der Waals surface area contributed by atoms with Crippen LogP contribution in [0, 0.1) is 5.41 Å². The average Bonchev–Trinajstić information content (AvgIpc) is 3.07. The lowest BCUT2D eigenvalue weighted by atomic mass is 9.73. The Morgan fingerprint density at radius 3 is 2.24 bits per heavy atom. The molecule has 0 bridgehead atoms. The van der Waals surface area contributed by atoms with Crippen LogP contribution in [-0.2, 0) is 19.1 Å². The number of Topliss-reactive ketones (excluding diaryl/α,β-unsaturated/α-hetero) is 1. The molecule has 29 heavy (non-hydrogen) atoms. The van der Waals surface area contributed by atoms with Crippen LogP contribution in [-0.4, -0.2) is 37.6 Å². The van der Waals surface area contributed by atoms with Gasteiger partial charge in [-0.3, -0.25) is 9.59 Å². The molecule has 5 heteroatoms. The number of carbonyl (C=O) groups excluding carboxylic acids is 2. The molecule has 0 aromatic heterocycles. The number of hydrogen-bond donors (Lipinski definition) is 1. The van der Waals surface area contributed by atoms with Crippen LogP contribution in [0.15, 0.2) is 60.7 Å². The number of ether oxygens (including phenoxy) is 2. The number of ketones is 1. The molecular weight excluding hydrogens is 366 g/mol. The molecule has 4 rings (SSSR count). The van der Waals surface area contributed by atoms with E-state index in [0.29, 0.717) is 12.1 Å². The normalized spacial score (nSPS) is 26.2. The lowest BCUT2D eigenvalue weighted by Gasteiger charge is -2.41. The summed E-state index contributed by atoms with van der Waals surface area (Å²) < 4.78 is 11.0. The first kappa shape index (κ1) is 19.6. The smallest absolute Gasteiger partial charge is 0.322 e. The zero-order valence-corrected chi connectivity index (χ0v) is 16.9. The van der Waals surface area contributed by atoms with E-state index in [9.17, 15) is 9.59 Å². The SMILES string of the molecule is C=C1C(=O)[C@](C)(C(=O)OC)[C@@H](CNC2c3ccccc3-c3ccccc32)O[C@H]1C. The lowest BCUT2D eigenvalue weighted by Crippen LogP contribution is -2.58. The zero-order chi connectivity index (χ0) is 20.8. The number of carbonyl (C=O) groups is 2. The second-order valence-electron chi connectivity index (χ2n) is 7.83. The van der Waals surface area contributed by atoms with Crippen molar-refractivity contribution in [2.45, 2.75) is 32.1 Å². The molecule has 1 aliphatic heterocycles. The fourth-order valence-corrected chi connectivity index (χ4v) is 4.42. The van der Waals surface area contributed by atoms with E-state index in [4.69, 9.17) is 9.47 Å². The van der Waals surface area contributed by atoms with Gasteiger partial charge in [-0.05, 0) is 36.1 Å². The van der Waals surface area contributed by atoms with Gasteiger partial charge in [0.25, 0.3) is 0 Å². The first-order chi connectivity index (χ1) is 13.9. The Kier molecular flexibility index (Phi) is 4.89. The van der Waals surface area contributed by atoms with Crippen LogP contribution in [0.1, 0.15) is 31.0 Å². The van der Waals surface area contributed by atoms with E-state index in [1.807, 2.05) is 24.3 Å². The molecule has 0 spiro atoms. The van der Waals surface area contributed by atoms with Crippen molar-refractivity contribution in [3.05, 3.63) is 71.8 Å². The maximum atomic E-state index is 13.0. The van der Waals surface area contributed by atoms with E-state index in [1.54, 1.807) is 13.8 Å².